The summed E-state index contributed by atoms with van der Waals surface area (Å²) in [6, 6.07) is 19.4. The molecule has 0 fully saturated rings. The van der Waals surface area contributed by atoms with Gasteiger partial charge in [0.25, 0.3) is 0 Å². The van der Waals surface area contributed by atoms with Crippen LogP contribution in [0.1, 0.15) is 21.6 Å². The number of carboxylic acids is 1. The molecule has 2 heterocycles. The van der Waals surface area contributed by atoms with Crippen LogP contribution in [-0.4, -0.2) is 26.0 Å². The topological polar surface area (TPSA) is 132 Å². The molecular weight excluding hydrogens is 635 g/mol. The number of rotatable bonds is 3. The summed E-state index contributed by atoms with van der Waals surface area (Å²) in [6.07, 6.45) is 4.44. The SMILES string of the molecule is O=C(O)c1ccccn1.[C-]#[N+]c1cc(C#N)[c-]c(-c2nccnc2-c2cc(C#N)cc([N+]#[C-])c2)c1.[Ir]. The molecule has 4 rings (SSSR count). The maximum Gasteiger partial charge on any atom is 0.354 e. The van der Waals surface area contributed by atoms with Crippen LogP contribution in [0.4, 0.5) is 11.4 Å². The van der Waals surface area contributed by atoms with Gasteiger partial charge in [0.2, 0.25) is 0 Å². The van der Waals surface area contributed by atoms with Crippen molar-refractivity contribution in [2.75, 3.05) is 0 Å². The van der Waals surface area contributed by atoms with Gasteiger partial charge in [-0.1, -0.05) is 11.6 Å². The van der Waals surface area contributed by atoms with Gasteiger partial charge in [-0.2, -0.15) is 5.26 Å². The summed E-state index contributed by atoms with van der Waals surface area (Å²) in [6.45, 7) is 14.4. The minimum atomic E-state index is -0.990. The zero-order valence-electron chi connectivity index (χ0n) is 18.2. The van der Waals surface area contributed by atoms with Crippen LogP contribution in [-0.2, 0) is 20.1 Å². The van der Waals surface area contributed by atoms with Crippen LogP contribution in [0.25, 0.3) is 32.2 Å². The van der Waals surface area contributed by atoms with Crippen molar-refractivity contribution in [3.63, 3.8) is 0 Å². The third kappa shape index (κ3) is 6.64. The fraction of sp³-hybridized carbons (Fsp3) is 0. The molecule has 0 saturated carbocycles. The van der Waals surface area contributed by atoms with Crippen molar-refractivity contribution in [1.82, 2.24) is 15.0 Å². The van der Waals surface area contributed by atoms with Crippen molar-refractivity contribution in [2.24, 2.45) is 0 Å². The van der Waals surface area contributed by atoms with E-state index in [0.29, 0.717) is 39.5 Å². The smallest absolute Gasteiger partial charge is 0.354 e. The summed E-state index contributed by atoms with van der Waals surface area (Å²) in [7, 11) is 0. The number of hydrogen-bond donors (Lipinski definition) is 1. The molecule has 2 aromatic carbocycles. The molecule has 0 aliphatic heterocycles. The molecule has 36 heavy (non-hydrogen) atoms. The normalized spacial score (nSPS) is 9.00. The van der Waals surface area contributed by atoms with Crippen molar-refractivity contribution < 1.29 is 30.0 Å². The largest absolute Gasteiger partial charge is 0.477 e. The molecule has 1 N–H and O–H groups in total. The van der Waals surface area contributed by atoms with Crippen molar-refractivity contribution >= 4 is 17.3 Å². The van der Waals surface area contributed by atoms with E-state index in [4.69, 9.17) is 23.5 Å². The Morgan fingerprint density at radius 2 is 1.58 bits per heavy atom. The van der Waals surface area contributed by atoms with Crippen LogP contribution in [0.3, 0.4) is 0 Å². The predicted molar refractivity (Wildman–Crippen MR) is 125 cm³/mol. The number of carbonyl (C=O) groups is 1. The van der Waals surface area contributed by atoms with Crippen LogP contribution >= 0.6 is 0 Å². The molecule has 173 valence electrons. The first-order valence-electron chi connectivity index (χ1n) is 9.72. The van der Waals surface area contributed by atoms with E-state index in [1.54, 1.807) is 30.3 Å². The van der Waals surface area contributed by atoms with E-state index in [9.17, 15) is 10.1 Å². The number of pyridine rings is 1. The fourth-order valence-corrected chi connectivity index (χ4v) is 2.92. The number of nitriles is 2. The molecule has 0 aliphatic rings. The third-order valence-electron chi connectivity index (χ3n) is 4.39. The Labute approximate surface area is 220 Å². The first-order valence-corrected chi connectivity index (χ1v) is 9.72. The molecule has 9 nitrogen and oxygen atoms in total. The van der Waals surface area contributed by atoms with Crippen LogP contribution < -0.4 is 0 Å². The number of hydrogen-bond acceptors (Lipinski definition) is 6. The summed E-state index contributed by atoms with van der Waals surface area (Å²) in [5.41, 5.74) is 3.10. The van der Waals surface area contributed by atoms with E-state index in [1.165, 1.54) is 36.8 Å². The van der Waals surface area contributed by atoms with Gasteiger partial charge in [0.05, 0.1) is 24.9 Å². The predicted octanol–water partition coefficient (Wildman–Crippen LogP) is 5.23. The van der Waals surface area contributed by atoms with Crippen LogP contribution in [0, 0.1) is 41.9 Å². The Balaban J connectivity index is 0.000000386. The maximum absolute atomic E-state index is 10.1. The fourth-order valence-electron chi connectivity index (χ4n) is 2.92. The van der Waals surface area contributed by atoms with E-state index < -0.39 is 5.97 Å². The van der Waals surface area contributed by atoms with E-state index in [-0.39, 0.29) is 31.4 Å². The van der Waals surface area contributed by atoms with Gasteiger partial charge in [-0.15, -0.1) is 23.8 Å². The molecule has 1 radical (unpaired) electrons. The second-order valence-electron chi connectivity index (χ2n) is 6.66. The zero-order valence-corrected chi connectivity index (χ0v) is 20.6. The van der Waals surface area contributed by atoms with Gasteiger partial charge in [-0.3, -0.25) is 14.8 Å². The van der Waals surface area contributed by atoms with Crippen molar-refractivity contribution in [3.8, 4) is 34.7 Å². The van der Waals surface area contributed by atoms with E-state index in [1.807, 2.05) is 12.1 Å². The van der Waals surface area contributed by atoms with Gasteiger partial charge < -0.3 is 5.11 Å². The average molecular weight is 647 g/mol. The number of aromatic carboxylic acids is 1. The Hall–Kier alpha value is -5.25. The number of carboxylic acid groups (broad SMARTS) is 1. The van der Waals surface area contributed by atoms with Crippen molar-refractivity contribution in [3.05, 3.63) is 113 Å². The Morgan fingerprint density at radius 1 is 0.889 bits per heavy atom. The first kappa shape index (κ1) is 27.0. The van der Waals surface area contributed by atoms with E-state index >= 15 is 0 Å². The molecule has 0 spiro atoms. The Kier molecular flexibility index (Phi) is 9.63. The van der Waals surface area contributed by atoms with Crippen LogP contribution in [0.15, 0.2) is 67.1 Å². The van der Waals surface area contributed by atoms with Crippen LogP contribution in [0.2, 0.25) is 0 Å². The minimum absolute atomic E-state index is 0. The second kappa shape index (κ2) is 12.8. The van der Waals surface area contributed by atoms with Crippen LogP contribution in [0.5, 0.6) is 0 Å². The second-order valence-corrected chi connectivity index (χ2v) is 6.66. The van der Waals surface area contributed by atoms with Gasteiger partial charge in [0.15, 0.2) is 5.69 Å². The summed E-state index contributed by atoms with van der Waals surface area (Å²) >= 11 is 0. The minimum Gasteiger partial charge on any atom is -0.477 e. The summed E-state index contributed by atoms with van der Waals surface area (Å²) < 4.78 is 0. The molecule has 10 heteroatoms. The van der Waals surface area contributed by atoms with Gasteiger partial charge in [0, 0.05) is 50.0 Å². The molecule has 0 aliphatic carbocycles. The molecular formula is C26H12IrN7O2-. The molecule has 0 saturated heterocycles. The molecule has 0 amide bonds. The average Bonchev–Trinajstić information content (AvgIpc) is 2.93. The Bertz CT molecular complexity index is 1420. The molecule has 0 atom stereocenters. The standard InChI is InChI=1S/C20H7N6.C6H5NO2.Ir/c1-23-17-7-13(11-21)5-15(9-17)19-20(26-4-3-25-19)16-6-14(12-22)8-18(10-16)24-2;8-6(9)5-3-1-2-4-7-5;/h3-5,7-10H;1-4H,(H,8,9);/q-1;;. The number of nitrogens with zero attached hydrogens (tertiary/aromatic N) is 7. The number of aromatic nitrogens is 3. The molecule has 0 unspecified atom stereocenters. The van der Waals surface area contributed by atoms with Gasteiger partial charge in [0.1, 0.15) is 11.4 Å². The molecule has 2 aromatic heterocycles. The van der Waals surface area contributed by atoms with Gasteiger partial charge in [-0.05, 0) is 42.0 Å². The Morgan fingerprint density at radius 3 is 2.14 bits per heavy atom. The zero-order chi connectivity index (χ0) is 25.2. The van der Waals surface area contributed by atoms with E-state index in [0.717, 1.165) is 0 Å². The van der Waals surface area contributed by atoms with Gasteiger partial charge >= 0.3 is 5.97 Å². The summed E-state index contributed by atoms with van der Waals surface area (Å²) in [4.78, 5) is 29.1. The van der Waals surface area contributed by atoms with Crippen molar-refractivity contribution in [2.45, 2.75) is 0 Å². The maximum atomic E-state index is 10.1. The van der Waals surface area contributed by atoms with E-state index in [2.05, 4.69) is 30.7 Å². The van der Waals surface area contributed by atoms with Gasteiger partial charge in [-0.25, -0.2) is 19.9 Å². The summed E-state index contributed by atoms with van der Waals surface area (Å²) in [5, 5.41) is 26.7. The third-order valence-corrected chi connectivity index (χ3v) is 4.39. The molecule has 4 aromatic rings. The quantitative estimate of drug-likeness (QED) is 0.302. The number of benzene rings is 2. The summed E-state index contributed by atoms with van der Waals surface area (Å²) in [5.74, 6) is -0.990. The first-order chi connectivity index (χ1) is 17.0. The van der Waals surface area contributed by atoms with Crippen molar-refractivity contribution in [1.29, 1.82) is 10.5 Å². The monoisotopic (exact) mass is 647 g/mol. The molecule has 0 bridgehead atoms.